The van der Waals surface area contributed by atoms with Crippen LogP contribution in [0.5, 0.6) is 0 Å². The van der Waals surface area contributed by atoms with Crippen LogP contribution in [0.15, 0.2) is 47.3 Å². The molecule has 0 aliphatic carbocycles. The smallest absolute Gasteiger partial charge is 0.268 e. The molecule has 0 fully saturated rings. The van der Waals surface area contributed by atoms with Crippen LogP contribution in [0, 0.1) is 11.8 Å². The fraction of sp³-hybridized carbons (Fsp3) is 0.125. The van der Waals surface area contributed by atoms with Crippen LogP contribution >= 0.6 is 0 Å². The summed E-state index contributed by atoms with van der Waals surface area (Å²) in [7, 11) is 0. The van der Waals surface area contributed by atoms with Crippen LogP contribution in [0.25, 0.3) is 0 Å². The molecule has 0 unspecified atom stereocenters. The number of aromatic nitrogens is 1. The molecule has 0 bridgehead atoms. The van der Waals surface area contributed by atoms with Crippen LogP contribution in [-0.2, 0) is 6.54 Å². The molecule has 0 aliphatic heterocycles. The number of benzene rings is 1. The lowest BCUT2D eigenvalue weighted by Gasteiger charge is -2.05. The summed E-state index contributed by atoms with van der Waals surface area (Å²) in [5, 5.41) is 2.74. The van der Waals surface area contributed by atoms with Crippen molar-refractivity contribution < 1.29 is 4.79 Å². The number of hydrogen-bond acceptors (Lipinski definition) is 3. The second kappa shape index (κ2) is 7.08. The third-order valence-electron chi connectivity index (χ3n) is 2.73. The second-order valence-electron chi connectivity index (χ2n) is 4.32. The molecular formula is C16H15N3O2. The van der Waals surface area contributed by atoms with Gasteiger partial charge in [0.2, 0.25) is 5.56 Å². The quantitative estimate of drug-likeness (QED) is 0.720. The first-order valence-corrected chi connectivity index (χ1v) is 6.44. The molecule has 1 aromatic heterocycles. The van der Waals surface area contributed by atoms with Gasteiger partial charge >= 0.3 is 0 Å². The van der Waals surface area contributed by atoms with E-state index in [1.54, 1.807) is 6.07 Å². The van der Waals surface area contributed by atoms with Crippen LogP contribution < -0.4 is 16.6 Å². The minimum absolute atomic E-state index is 0.238. The molecule has 0 saturated heterocycles. The van der Waals surface area contributed by atoms with Gasteiger partial charge in [0.15, 0.2) is 0 Å². The Balaban J connectivity index is 2.03. The largest absolute Gasteiger partial charge is 0.347 e. The van der Waals surface area contributed by atoms with Crippen LogP contribution in [0.3, 0.4) is 0 Å². The van der Waals surface area contributed by atoms with Crippen molar-refractivity contribution >= 4 is 5.91 Å². The van der Waals surface area contributed by atoms with Crippen molar-refractivity contribution in [3.8, 4) is 11.8 Å². The number of amides is 1. The van der Waals surface area contributed by atoms with Crippen molar-refractivity contribution in [2.24, 2.45) is 5.73 Å². The first-order chi connectivity index (χ1) is 10.2. The van der Waals surface area contributed by atoms with E-state index in [9.17, 15) is 9.59 Å². The number of nitrogens with one attached hydrogen (secondary N) is 2. The summed E-state index contributed by atoms with van der Waals surface area (Å²) in [6, 6.07) is 12.0. The average Bonchev–Trinajstić information content (AvgIpc) is 2.51. The predicted octanol–water partition coefficient (Wildman–Crippen LogP) is 0.615. The number of hydrogen-bond donors (Lipinski definition) is 3. The van der Waals surface area contributed by atoms with Crippen molar-refractivity contribution in [2.45, 2.75) is 6.54 Å². The van der Waals surface area contributed by atoms with Gasteiger partial charge in [0.05, 0.1) is 6.54 Å². The van der Waals surface area contributed by atoms with Gasteiger partial charge in [0, 0.05) is 18.2 Å². The maximum Gasteiger partial charge on any atom is 0.268 e. The van der Waals surface area contributed by atoms with Gasteiger partial charge in [-0.15, -0.1) is 0 Å². The molecule has 0 saturated carbocycles. The lowest BCUT2D eigenvalue weighted by atomic mass is 10.1. The Labute approximate surface area is 122 Å². The van der Waals surface area contributed by atoms with E-state index in [1.807, 2.05) is 24.3 Å². The Kier molecular flexibility index (Phi) is 4.91. The van der Waals surface area contributed by atoms with E-state index in [1.165, 1.54) is 12.1 Å². The van der Waals surface area contributed by atoms with E-state index in [-0.39, 0.29) is 17.2 Å². The van der Waals surface area contributed by atoms with Gasteiger partial charge in [-0.3, -0.25) is 9.59 Å². The molecule has 0 spiro atoms. The highest BCUT2D eigenvalue weighted by Crippen LogP contribution is 2.04. The van der Waals surface area contributed by atoms with Gasteiger partial charge in [-0.05, 0) is 23.8 Å². The molecule has 2 rings (SSSR count). The summed E-state index contributed by atoms with van der Waals surface area (Å²) in [4.78, 5) is 25.5. The van der Waals surface area contributed by atoms with Gasteiger partial charge in [0.25, 0.3) is 5.91 Å². The summed E-state index contributed by atoms with van der Waals surface area (Å²) in [5.41, 5.74) is 7.03. The SMILES string of the molecule is NCC#Cc1cccc(CNC(=O)c2cccc(=O)[nH]2)c1. The highest BCUT2D eigenvalue weighted by Gasteiger charge is 2.05. The van der Waals surface area contributed by atoms with Gasteiger partial charge in [0.1, 0.15) is 5.69 Å². The minimum atomic E-state index is -0.328. The van der Waals surface area contributed by atoms with E-state index >= 15 is 0 Å². The average molecular weight is 281 g/mol. The number of nitrogens with two attached hydrogens (primary N) is 1. The molecule has 5 heteroatoms. The topological polar surface area (TPSA) is 88.0 Å². The Bertz CT molecular complexity index is 754. The maximum absolute atomic E-state index is 11.9. The van der Waals surface area contributed by atoms with Gasteiger partial charge in [-0.1, -0.05) is 30.0 Å². The summed E-state index contributed by atoms with van der Waals surface area (Å²) in [6.07, 6.45) is 0. The van der Waals surface area contributed by atoms with Gasteiger partial charge < -0.3 is 16.0 Å². The molecule has 106 valence electrons. The third-order valence-corrected chi connectivity index (χ3v) is 2.73. The Hall–Kier alpha value is -2.84. The standard InChI is InChI=1S/C16H15N3O2/c17-9-3-6-12-4-1-5-13(10-12)11-18-16(21)14-7-2-8-15(20)19-14/h1-2,4-5,7-8,10H,9,11,17H2,(H,18,21)(H,19,20). The zero-order chi connectivity index (χ0) is 15.1. The van der Waals surface area contributed by atoms with E-state index < -0.39 is 0 Å². The van der Waals surface area contributed by atoms with Crippen molar-refractivity contribution in [1.82, 2.24) is 10.3 Å². The van der Waals surface area contributed by atoms with Crippen LogP contribution in [-0.4, -0.2) is 17.4 Å². The molecule has 0 aliphatic rings. The third kappa shape index (κ3) is 4.34. The van der Waals surface area contributed by atoms with E-state index in [0.29, 0.717) is 13.1 Å². The number of rotatable bonds is 3. The molecule has 5 nitrogen and oxygen atoms in total. The van der Waals surface area contributed by atoms with E-state index in [0.717, 1.165) is 11.1 Å². The van der Waals surface area contributed by atoms with E-state index in [4.69, 9.17) is 5.73 Å². The molecule has 1 amide bonds. The minimum Gasteiger partial charge on any atom is -0.347 e. The van der Waals surface area contributed by atoms with Crippen molar-refractivity contribution in [2.75, 3.05) is 6.54 Å². The summed E-state index contributed by atoms with van der Waals surface area (Å²) in [5.74, 6) is 5.39. The predicted molar refractivity (Wildman–Crippen MR) is 80.6 cm³/mol. The molecule has 4 N–H and O–H groups in total. The summed E-state index contributed by atoms with van der Waals surface area (Å²) < 4.78 is 0. The number of carbonyl (C=O) groups is 1. The van der Waals surface area contributed by atoms with Crippen molar-refractivity contribution in [1.29, 1.82) is 0 Å². The molecule has 1 heterocycles. The Morgan fingerprint density at radius 3 is 2.81 bits per heavy atom. The van der Waals surface area contributed by atoms with Crippen LogP contribution in [0.1, 0.15) is 21.6 Å². The Morgan fingerprint density at radius 1 is 1.24 bits per heavy atom. The number of H-pyrrole nitrogens is 1. The van der Waals surface area contributed by atoms with Crippen molar-refractivity contribution in [3.05, 3.63) is 69.6 Å². The maximum atomic E-state index is 11.9. The number of carbonyl (C=O) groups excluding carboxylic acids is 1. The highest BCUT2D eigenvalue weighted by molar-refractivity contribution is 5.92. The zero-order valence-electron chi connectivity index (χ0n) is 11.3. The summed E-state index contributed by atoms with van der Waals surface area (Å²) in [6.45, 7) is 0.663. The first kappa shape index (κ1) is 14.6. The molecule has 21 heavy (non-hydrogen) atoms. The van der Waals surface area contributed by atoms with E-state index in [2.05, 4.69) is 22.1 Å². The molecule has 0 radical (unpaired) electrons. The molecular weight excluding hydrogens is 266 g/mol. The Morgan fingerprint density at radius 2 is 2.05 bits per heavy atom. The monoisotopic (exact) mass is 281 g/mol. The van der Waals surface area contributed by atoms with Gasteiger partial charge in [-0.2, -0.15) is 0 Å². The lowest BCUT2D eigenvalue weighted by Crippen LogP contribution is -2.25. The lowest BCUT2D eigenvalue weighted by molar-refractivity contribution is 0.0945. The second-order valence-corrected chi connectivity index (χ2v) is 4.32. The highest BCUT2D eigenvalue weighted by atomic mass is 16.2. The normalized spacial score (nSPS) is 9.57. The van der Waals surface area contributed by atoms with Crippen molar-refractivity contribution in [3.63, 3.8) is 0 Å². The van der Waals surface area contributed by atoms with Crippen LogP contribution in [0.4, 0.5) is 0 Å². The molecule has 1 aromatic carbocycles. The first-order valence-electron chi connectivity index (χ1n) is 6.44. The zero-order valence-corrected chi connectivity index (χ0v) is 11.3. The molecule has 2 aromatic rings. The summed E-state index contributed by atoms with van der Waals surface area (Å²) >= 11 is 0. The number of pyridine rings is 1. The fourth-order valence-corrected chi connectivity index (χ4v) is 1.77. The molecule has 0 atom stereocenters. The van der Waals surface area contributed by atoms with Gasteiger partial charge in [-0.25, -0.2) is 0 Å². The van der Waals surface area contributed by atoms with Crippen LogP contribution in [0.2, 0.25) is 0 Å². The number of aromatic amines is 1. The fourth-order valence-electron chi connectivity index (χ4n) is 1.77.